The number of hydrogen-bond acceptors (Lipinski definition) is 5. The van der Waals surface area contributed by atoms with Crippen molar-refractivity contribution in [2.75, 3.05) is 33.9 Å². The summed E-state index contributed by atoms with van der Waals surface area (Å²) in [7, 11) is 3.81. The Bertz CT molecular complexity index is 137. The van der Waals surface area contributed by atoms with Crippen molar-refractivity contribution in [3.8, 4) is 0 Å². The second kappa shape index (κ2) is 9.26. The molecule has 0 spiro atoms. The molecule has 0 aliphatic carbocycles. The molecule has 0 aliphatic rings. The molecule has 0 aliphatic heterocycles. The molecule has 0 atom stereocenters. The Labute approximate surface area is 95.2 Å². The normalized spacial score (nSPS) is 12.2. The molecule has 0 unspecified atom stereocenters. The summed E-state index contributed by atoms with van der Waals surface area (Å²) in [6.07, 6.45) is 2.83. The van der Waals surface area contributed by atoms with Gasteiger partial charge < -0.3 is 25.0 Å². The fourth-order valence-electron chi connectivity index (χ4n) is 1.37. The molecule has 0 radical (unpaired) electrons. The standard InChI is InChI=1S/C9H24N2O3Si/c1-12-9(13-2,14-15)5-3-4-7-11-8-6-10/h11H,3-8,10H2,1-2,15H3. The van der Waals surface area contributed by atoms with Crippen molar-refractivity contribution in [3.05, 3.63) is 0 Å². The SMILES string of the molecule is COC(CCCCNCCN)(OC)O[SiH3]. The second-order valence-electron chi connectivity index (χ2n) is 3.29. The van der Waals surface area contributed by atoms with Crippen molar-refractivity contribution in [3.63, 3.8) is 0 Å². The fourth-order valence-corrected chi connectivity index (χ4v) is 1.91. The smallest absolute Gasteiger partial charge is 0.272 e. The Morgan fingerprint density at radius 3 is 2.33 bits per heavy atom. The number of nitrogens with two attached hydrogens (primary N) is 1. The van der Waals surface area contributed by atoms with Gasteiger partial charge in [0.05, 0.1) is 0 Å². The molecule has 5 nitrogen and oxygen atoms in total. The van der Waals surface area contributed by atoms with Gasteiger partial charge in [0.25, 0.3) is 5.97 Å². The zero-order valence-electron chi connectivity index (χ0n) is 10.0. The predicted octanol–water partition coefficient (Wildman–Crippen LogP) is -1.05. The minimum Gasteiger partial charge on any atom is -0.380 e. The van der Waals surface area contributed by atoms with Crippen LogP contribution in [0.4, 0.5) is 0 Å². The number of nitrogens with one attached hydrogen (secondary N) is 1. The van der Waals surface area contributed by atoms with Crippen molar-refractivity contribution < 1.29 is 13.9 Å². The summed E-state index contributed by atoms with van der Waals surface area (Å²) in [5.74, 6) is -0.819. The highest BCUT2D eigenvalue weighted by Crippen LogP contribution is 2.19. The molecule has 0 rings (SSSR count). The van der Waals surface area contributed by atoms with Crippen LogP contribution in [-0.4, -0.2) is 50.3 Å². The first-order chi connectivity index (χ1) is 7.24. The first kappa shape index (κ1) is 15.0. The Morgan fingerprint density at radius 1 is 1.20 bits per heavy atom. The average Bonchev–Trinajstić information content (AvgIpc) is 2.29. The lowest BCUT2D eigenvalue weighted by Gasteiger charge is -2.29. The van der Waals surface area contributed by atoms with Crippen molar-refractivity contribution >= 4 is 10.5 Å². The molecule has 6 heteroatoms. The van der Waals surface area contributed by atoms with E-state index in [1.165, 1.54) is 0 Å². The molecular formula is C9H24N2O3Si. The van der Waals surface area contributed by atoms with Gasteiger partial charge in [0.1, 0.15) is 0 Å². The molecule has 15 heavy (non-hydrogen) atoms. The molecule has 0 aromatic carbocycles. The first-order valence-electron chi connectivity index (χ1n) is 5.31. The fraction of sp³-hybridized carbons (Fsp3) is 1.00. The molecule has 92 valence electrons. The van der Waals surface area contributed by atoms with Gasteiger partial charge in [-0.25, -0.2) is 0 Å². The molecule has 0 saturated carbocycles. The van der Waals surface area contributed by atoms with Gasteiger partial charge in [-0.2, -0.15) is 0 Å². The lowest BCUT2D eigenvalue weighted by molar-refractivity contribution is -0.325. The van der Waals surface area contributed by atoms with E-state index >= 15 is 0 Å². The first-order valence-corrected chi connectivity index (χ1v) is 6.12. The van der Waals surface area contributed by atoms with Crippen LogP contribution >= 0.6 is 0 Å². The molecule has 0 bridgehead atoms. The van der Waals surface area contributed by atoms with Crippen molar-refractivity contribution in [2.24, 2.45) is 5.73 Å². The monoisotopic (exact) mass is 236 g/mol. The van der Waals surface area contributed by atoms with Gasteiger partial charge in [-0.05, 0) is 19.4 Å². The summed E-state index contributed by atoms with van der Waals surface area (Å²) in [5.41, 5.74) is 5.36. The van der Waals surface area contributed by atoms with E-state index in [2.05, 4.69) is 5.32 Å². The van der Waals surface area contributed by atoms with E-state index in [0.717, 1.165) is 32.4 Å². The predicted molar refractivity (Wildman–Crippen MR) is 63.5 cm³/mol. The van der Waals surface area contributed by atoms with Crippen molar-refractivity contribution in [1.82, 2.24) is 5.32 Å². The number of unbranched alkanes of at least 4 members (excludes halogenated alkanes) is 1. The van der Waals surface area contributed by atoms with E-state index in [1.807, 2.05) is 0 Å². The molecule has 0 amide bonds. The highest BCUT2D eigenvalue weighted by molar-refractivity contribution is 5.98. The third-order valence-corrected chi connectivity index (χ3v) is 2.96. The van der Waals surface area contributed by atoms with Gasteiger partial charge >= 0.3 is 0 Å². The summed E-state index contributed by atoms with van der Waals surface area (Å²) < 4.78 is 15.7. The van der Waals surface area contributed by atoms with E-state index in [1.54, 1.807) is 14.2 Å². The maximum absolute atomic E-state index is 5.36. The zero-order chi connectivity index (χ0) is 11.6. The van der Waals surface area contributed by atoms with Gasteiger partial charge in [-0.3, -0.25) is 0 Å². The number of hydrogen-bond donors (Lipinski definition) is 2. The van der Waals surface area contributed by atoms with Crippen LogP contribution in [0.5, 0.6) is 0 Å². The van der Waals surface area contributed by atoms with E-state index < -0.39 is 5.97 Å². The molecule has 0 heterocycles. The summed E-state index contributed by atoms with van der Waals surface area (Å²) in [6, 6.07) is 0. The summed E-state index contributed by atoms with van der Waals surface area (Å²) >= 11 is 0. The van der Waals surface area contributed by atoms with E-state index in [9.17, 15) is 0 Å². The minimum absolute atomic E-state index is 0.604. The summed E-state index contributed by atoms with van der Waals surface area (Å²) in [6.45, 7) is 2.53. The van der Waals surface area contributed by atoms with Crippen LogP contribution in [0.25, 0.3) is 0 Å². The third kappa shape index (κ3) is 6.24. The molecule has 0 aromatic heterocycles. The third-order valence-electron chi connectivity index (χ3n) is 2.34. The molecular weight excluding hydrogens is 212 g/mol. The van der Waals surface area contributed by atoms with Gasteiger partial charge in [0.2, 0.25) is 0 Å². The summed E-state index contributed by atoms with van der Waals surface area (Å²) in [4.78, 5) is 0. The largest absolute Gasteiger partial charge is 0.380 e. The van der Waals surface area contributed by atoms with Crippen LogP contribution in [0.15, 0.2) is 0 Å². The highest BCUT2D eigenvalue weighted by Gasteiger charge is 2.27. The Balaban J connectivity index is 3.54. The molecule has 3 N–H and O–H groups in total. The quantitative estimate of drug-likeness (QED) is 0.288. The maximum Gasteiger partial charge on any atom is 0.272 e. The highest BCUT2D eigenvalue weighted by atomic mass is 28.2. The van der Waals surface area contributed by atoms with Gasteiger partial charge in [0, 0.05) is 33.7 Å². The Kier molecular flexibility index (Phi) is 9.27. The van der Waals surface area contributed by atoms with Crippen LogP contribution in [0, 0.1) is 0 Å². The molecule has 0 fully saturated rings. The van der Waals surface area contributed by atoms with Crippen LogP contribution in [0.2, 0.25) is 0 Å². The topological polar surface area (TPSA) is 65.7 Å². The van der Waals surface area contributed by atoms with E-state index in [4.69, 9.17) is 19.6 Å². The summed E-state index contributed by atoms with van der Waals surface area (Å²) in [5, 5.41) is 3.24. The maximum atomic E-state index is 5.36. The minimum atomic E-state index is -0.819. The van der Waals surface area contributed by atoms with Gasteiger partial charge in [-0.1, -0.05) is 0 Å². The zero-order valence-corrected chi connectivity index (χ0v) is 12.0. The van der Waals surface area contributed by atoms with Crippen molar-refractivity contribution in [1.29, 1.82) is 0 Å². The van der Waals surface area contributed by atoms with Crippen LogP contribution in [0.3, 0.4) is 0 Å². The lowest BCUT2D eigenvalue weighted by atomic mass is 10.2. The van der Waals surface area contributed by atoms with Crippen LogP contribution in [0.1, 0.15) is 19.3 Å². The van der Waals surface area contributed by atoms with Crippen LogP contribution in [-0.2, 0) is 13.9 Å². The van der Waals surface area contributed by atoms with Gasteiger partial charge in [0.15, 0.2) is 10.5 Å². The number of rotatable bonds is 10. The lowest BCUT2D eigenvalue weighted by Crippen LogP contribution is -2.36. The number of ether oxygens (including phenoxy) is 2. The Hall–Kier alpha value is 0.0169. The number of methoxy groups -OCH3 is 2. The van der Waals surface area contributed by atoms with Crippen molar-refractivity contribution in [2.45, 2.75) is 25.2 Å². The molecule has 0 aromatic rings. The molecule has 0 saturated heterocycles. The average molecular weight is 236 g/mol. The second-order valence-corrected chi connectivity index (χ2v) is 3.70. The Morgan fingerprint density at radius 2 is 1.87 bits per heavy atom. The van der Waals surface area contributed by atoms with E-state index in [-0.39, 0.29) is 0 Å². The van der Waals surface area contributed by atoms with E-state index in [0.29, 0.717) is 17.0 Å². The van der Waals surface area contributed by atoms with Gasteiger partial charge in [-0.15, -0.1) is 0 Å². The van der Waals surface area contributed by atoms with Crippen LogP contribution < -0.4 is 11.1 Å².